The number of aryl methyl sites for hydroxylation is 1. The number of carbonyl (C=O) groups is 1. The van der Waals surface area contributed by atoms with Crippen LogP contribution in [0.2, 0.25) is 0 Å². The molecular weight excluding hydrogens is 344 g/mol. The molecule has 0 aromatic carbocycles. The number of likely N-dealkylation sites (tertiary alicyclic amines) is 1. The summed E-state index contributed by atoms with van der Waals surface area (Å²) in [5.74, 6) is 0.474. The predicted molar refractivity (Wildman–Crippen MR) is 104 cm³/mol. The second-order valence-electron chi connectivity index (χ2n) is 7.03. The number of piperidine rings is 1. The number of rotatable bonds is 4. The molecule has 0 aliphatic carbocycles. The van der Waals surface area contributed by atoms with Gasteiger partial charge in [-0.05, 0) is 58.1 Å². The number of aromatic nitrogens is 3. The Morgan fingerprint density at radius 2 is 2.04 bits per heavy atom. The van der Waals surface area contributed by atoms with Gasteiger partial charge in [-0.25, -0.2) is 9.97 Å². The number of Topliss-reactive ketones (excluding diaryl/α,β-unsaturated/α-hetero) is 1. The molecule has 1 saturated heterocycles. The van der Waals surface area contributed by atoms with E-state index in [9.17, 15) is 4.79 Å². The van der Waals surface area contributed by atoms with Crippen molar-refractivity contribution in [3.05, 3.63) is 41.3 Å². The Balaban J connectivity index is 1.55. The molecule has 0 bridgehead atoms. The topological polar surface area (TPSA) is 59.0 Å². The lowest BCUT2D eigenvalue weighted by Crippen LogP contribution is -2.34. The van der Waals surface area contributed by atoms with Crippen LogP contribution in [0.5, 0.6) is 0 Å². The van der Waals surface area contributed by atoms with Gasteiger partial charge >= 0.3 is 0 Å². The van der Waals surface area contributed by atoms with Crippen LogP contribution in [-0.4, -0.2) is 45.8 Å². The molecule has 1 fully saturated rings. The van der Waals surface area contributed by atoms with Gasteiger partial charge in [-0.15, -0.1) is 11.3 Å². The molecule has 6 heteroatoms. The highest BCUT2D eigenvalue weighted by Gasteiger charge is 2.23. The Morgan fingerprint density at radius 1 is 1.23 bits per heavy atom. The van der Waals surface area contributed by atoms with Crippen LogP contribution in [0.25, 0.3) is 21.5 Å². The van der Waals surface area contributed by atoms with Crippen molar-refractivity contribution in [2.24, 2.45) is 5.92 Å². The van der Waals surface area contributed by atoms with Gasteiger partial charge in [0.25, 0.3) is 0 Å². The van der Waals surface area contributed by atoms with Gasteiger partial charge < -0.3 is 4.90 Å². The third kappa shape index (κ3) is 3.66. The minimum Gasteiger partial charge on any atom is -0.306 e. The molecule has 0 saturated carbocycles. The third-order valence-corrected chi connectivity index (χ3v) is 5.97. The molecule has 0 radical (unpaired) electrons. The van der Waals surface area contributed by atoms with Crippen molar-refractivity contribution in [1.29, 1.82) is 0 Å². The number of pyridine rings is 2. The zero-order chi connectivity index (χ0) is 18.1. The summed E-state index contributed by atoms with van der Waals surface area (Å²) in [5, 5.41) is 2.02. The average Bonchev–Trinajstić information content (AvgIpc) is 3.08. The van der Waals surface area contributed by atoms with Crippen LogP contribution in [0.15, 0.2) is 30.6 Å². The largest absolute Gasteiger partial charge is 0.306 e. The Labute approximate surface area is 157 Å². The van der Waals surface area contributed by atoms with Crippen molar-refractivity contribution >= 4 is 28.0 Å². The molecular formula is C20H22N4OS. The first-order valence-electron chi connectivity index (χ1n) is 8.98. The summed E-state index contributed by atoms with van der Waals surface area (Å²) in [5.41, 5.74) is 2.61. The average molecular weight is 366 g/mol. The number of thiazole rings is 1. The monoisotopic (exact) mass is 366 g/mol. The van der Waals surface area contributed by atoms with E-state index in [-0.39, 0.29) is 5.92 Å². The van der Waals surface area contributed by atoms with Crippen molar-refractivity contribution in [3.63, 3.8) is 0 Å². The molecule has 0 atom stereocenters. The van der Waals surface area contributed by atoms with E-state index in [0.717, 1.165) is 58.1 Å². The minimum absolute atomic E-state index is 0.170. The van der Waals surface area contributed by atoms with E-state index in [1.54, 1.807) is 11.3 Å². The lowest BCUT2D eigenvalue weighted by atomic mass is 9.90. The molecule has 0 unspecified atom stereocenters. The van der Waals surface area contributed by atoms with Crippen LogP contribution >= 0.6 is 11.3 Å². The standard InChI is InChI=1S/C20H22N4OS/c1-13-21-12-20(26-13)17-4-3-15-11-22-16(9-18(15)23-17)10-19(25)14-5-7-24(2)8-6-14/h3-4,9,11-12,14H,5-8,10H2,1-2H3. The zero-order valence-corrected chi connectivity index (χ0v) is 15.9. The maximum atomic E-state index is 12.6. The zero-order valence-electron chi connectivity index (χ0n) is 15.1. The van der Waals surface area contributed by atoms with Gasteiger partial charge in [0.1, 0.15) is 5.78 Å². The first kappa shape index (κ1) is 17.2. The molecule has 1 aliphatic heterocycles. The lowest BCUT2D eigenvalue weighted by Gasteiger charge is -2.27. The number of fused-ring (bicyclic) bond motifs is 1. The van der Waals surface area contributed by atoms with Gasteiger partial charge in [-0.1, -0.05) is 0 Å². The minimum atomic E-state index is 0.170. The summed E-state index contributed by atoms with van der Waals surface area (Å²) >= 11 is 1.64. The van der Waals surface area contributed by atoms with Gasteiger partial charge in [0, 0.05) is 35.8 Å². The highest BCUT2D eigenvalue weighted by molar-refractivity contribution is 7.15. The van der Waals surface area contributed by atoms with Crippen LogP contribution in [0.1, 0.15) is 23.5 Å². The molecule has 0 spiro atoms. The Morgan fingerprint density at radius 3 is 2.77 bits per heavy atom. The highest BCUT2D eigenvalue weighted by Crippen LogP contribution is 2.26. The normalized spacial score (nSPS) is 16.2. The van der Waals surface area contributed by atoms with Crippen molar-refractivity contribution in [2.45, 2.75) is 26.2 Å². The predicted octanol–water partition coefficient (Wildman–Crippen LogP) is 3.52. The molecule has 5 nitrogen and oxygen atoms in total. The van der Waals surface area contributed by atoms with Crippen LogP contribution in [0.4, 0.5) is 0 Å². The van der Waals surface area contributed by atoms with Crippen LogP contribution in [0, 0.1) is 12.8 Å². The molecule has 0 amide bonds. The van der Waals surface area contributed by atoms with E-state index < -0.39 is 0 Å². The van der Waals surface area contributed by atoms with Gasteiger partial charge in [-0.2, -0.15) is 0 Å². The summed E-state index contributed by atoms with van der Waals surface area (Å²) in [6, 6.07) is 5.99. The van der Waals surface area contributed by atoms with Crippen molar-refractivity contribution in [2.75, 3.05) is 20.1 Å². The molecule has 26 heavy (non-hydrogen) atoms. The highest BCUT2D eigenvalue weighted by atomic mass is 32.1. The maximum Gasteiger partial charge on any atom is 0.142 e. The molecule has 3 aromatic heterocycles. The molecule has 4 rings (SSSR count). The molecule has 134 valence electrons. The van der Waals surface area contributed by atoms with E-state index in [4.69, 9.17) is 4.98 Å². The summed E-state index contributed by atoms with van der Waals surface area (Å²) in [7, 11) is 2.11. The molecule has 1 aliphatic rings. The SMILES string of the molecule is Cc1ncc(-c2ccc3cnc(CC(=O)C4CCN(C)CC4)cc3n2)s1. The smallest absolute Gasteiger partial charge is 0.142 e. The van der Waals surface area contributed by atoms with Gasteiger partial charge in [-0.3, -0.25) is 9.78 Å². The fraction of sp³-hybridized carbons (Fsp3) is 0.400. The van der Waals surface area contributed by atoms with Gasteiger partial charge in [0.2, 0.25) is 0 Å². The lowest BCUT2D eigenvalue weighted by molar-refractivity contribution is -0.123. The van der Waals surface area contributed by atoms with Gasteiger partial charge in [0.05, 0.1) is 21.1 Å². The van der Waals surface area contributed by atoms with Gasteiger partial charge in [0.15, 0.2) is 0 Å². The van der Waals surface area contributed by atoms with Crippen LogP contribution in [0.3, 0.4) is 0 Å². The van der Waals surface area contributed by atoms with E-state index in [2.05, 4.69) is 21.9 Å². The fourth-order valence-corrected chi connectivity index (χ4v) is 4.17. The summed E-state index contributed by atoms with van der Waals surface area (Å²) < 4.78 is 0. The summed E-state index contributed by atoms with van der Waals surface area (Å²) in [6.45, 7) is 3.99. The second kappa shape index (κ2) is 7.21. The number of carbonyl (C=O) groups excluding carboxylic acids is 1. The number of ketones is 1. The van der Waals surface area contributed by atoms with Crippen molar-refractivity contribution in [3.8, 4) is 10.6 Å². The Kier molecular flexibility index (Phi) is 4.78. The third-order valence-electron chi connectivity index (χ3n) is 5.03. The van der Waals surface area contributed by atoms with Crippen LogP contribution < -0.4 is 0 Å². The van der Waals surface area contributed by atoms with Crippen molar-refractivity contribution in [1.82, 2.24) is 19.9 Å². The maximum absolute atomic E-state index is 12.6. The Hall–Kier alpha value is -2.18. The summed E-state index contributed by atoms with van der Waals surface area (Å²) in [6.07, 6.45) is 5.99. The number of hydrogen-bond acceptors (Lipinski definition) is 6. The van der Waals surface area contributed by atoms with Crippen LogP contribution in [-0.2, 0) is 11.2 Å². The molecule has 4 heterocycles. The Bertz CT molecular complexity index is 944. The van der Waals surface area contributed by atoms with E-state index in [1.807, 2.05) is 37.5 Å². The first-order valence-corrected chi connectivity index (χ1v) is 9.80. The number of hydrogen-bond donors (Lipinski definition) is 0. The molecule has 3 aromatic rings. The van der Waals surface area contributed by atoms with Crippen molar-refractivity contribution < 1.29 is 4.79 Å². The first-order chi connectivity index (χ1) is 12.6. The quantitative estimate of drug-likeness (QED) is 0.707. The van der Waals surface area contributed by atoms with E-state index in [1.165, 1.54) is 0 Å². The molecule has 0 N–H and O–H groups in total. The van der Waals surface area contributed by atoms with E-state index >= 15 is 0 Å². The summed E-state index contributed by atoms with van der Waals surface area (Å²) in [4.78, 5) is 29.5. The van der Waals surface area contributed by atoms with E-state index in [0.29, 0.717) is 12.2 Å². The fourth-order valence-electron chi connectivity index (χ4n) is 3.43. The second-order valence-corrected chi connectivity index (χ2v) is 8.26. The number of nitrogens with zero attached hydrogens (tertiary/aromatic N) is 4.